The summed E-state index contributed by atoms with van der Waals surface area (Å²) in [6.07, 6.45) is 0. The highest BCUT2D eigenvalue weighted by atomic mass is 79.9. The maximum atomic E-state index is 12.0. The lowest BCUT2D eigenvalue weighted by Crippen LogP contribution is -2.47. The van der Waals surface area contributed by atoms with Crippen molar-refractivity contribution in [1.29, 1.82) is 0 Å². The van der Waals surface area contributed by atoms with Crippen LogP contribution in [0, 0.1) is 0 Å². The van der Waals surface area contributed by atoms with Crippen LogP contribution in [0.25, 0.3) is 0 Å². The Kier molecular flexibility index (Phi) is 2.93. The van der Waals surface area contributed by atoms with Crippen LogP contribution >= 0.6 is 15.9 Å². The van der Waals surface area contributed by atoms with Gasteiger partial charge in [-0.2, -0.15) is 0 Å². The van der Waals surface area contributed by atoms with Gasteiger partial charge < -0.3 is 9.80 Å². The van der Waals surface area contributed by atoms with Gasteiger partial charge in [0.25, 0.3) is 0 Å². The number of amides is 1. The fraction of sp³-hybridized carbons (Fsp3) is 0.417. The third kappa shape index (κ3) is 1.82. The molecular weight excluding hydrogens is 268 g/mol. The van der Waals surface area contributed by atoms with Crippen molar-refractivity contribution in [2.45, 2.75) is 19.9 Å². The minimum Gasteiger partial charge on any atom is -0.364 e. The number of anilines is 2. The number of likely N-dealkylation sites (N-methyl/N-ethyl adjacent to an activating group) is 1. The number of carbonyl (C=O) groups is 1. The average Bonchev–Trinajstić information content (AvgIpc) is 2.18. The number of benzene rings is 1. The first kappa shape index (κ1) is 11.5. The van der Waals surface area contributed by atoms with E-state index in [2.05, 4.69) is 22.0 Å². The summed E-state index contributed by atoms with van der Waals surface area (Å²) in [4.78, 5) is 15.8. The molecule has 0 aliphatic carbocycles. The molecular formula is C12H15BrN2O. The van der Waals surface area contributed by atoms with Gasteiger partial charge in [-0.25, -0.2) is 0 Å². The van der Waals surface area contributed by atoms with Gasteiger partial charge in [-0.05, 0) is 32.0 Å². The van der Waals surface area contributed by atoms with E-state index in [0.717, 1.165) is 15.8 Å². The normalized spacial score (nSPS) is 15.7. The highest BCUT2D eigenvalue weighted by Crippen LogP contribution is 2.35. The minimum absolute atomic E-state index is 0.160. The molecule has 0 spiro atoms. The van der Waals surface area contributed by atoms with E-state index in [1.807, 2.05) is 42.8 Å². The fourth-order valence-electron chi connectivity index (χ4n) is 2.07. The van der Waals surface area contributed by atoms with Crippen LogP contribution in [0.4, 0.5) is 11.4 Å². The maximum Gasteiger partial charge on any atom is 0.246 e. The molecule has 1 aromatic rings. The molecule has 2 rings (SSSR count). The molecule has 1 aromatic carbocycles. The van der Waals surface area contributed by atoms with Crippen molar-refractivity contribution in [3.05, 3.63) is 22.7 Å². The van der Waals surface area contributed by atoms with Gasteiger partial charge in [0, 0.05) is 17.6 Å². The number of hydrogen-bond acceptors (Lipinski definition) is 2. The summed E-state index contributed by atoms with van der Waals surface area (Å²) in [5.41, 5.74) is 2.10. The van der Waals surface area contributed by atoms with Crippen molar-refractivity contribution in [3.8, 4) is 0 Å². The van der Waals surface area contributed by atoms with Crippen molar-refractivity contribution in [2.24, 2.45) is 0 Å². The van der Waals surface area contributed by atoms with Crippen molar-refractivity contribution in [1.82, 2.24) is 0 Å². The van der Waals surface area contributed by atoms with E-state index in [9.17, 15) is 4.79 Å². The Bertz CT molecular complexity index is 431. The van der Waals surface area contributed by atoms with E-state index >= 15 is 0 Å². The largest absolute Gasteiger partial charge is 0.364 e. The molecule has 0 saturated carbocycles. The molecule has 3 nitrogen and oxygen atoms in total. The first-order valence-electron chi connectivity index (χ1n) is 5.33. The standard InChI is InChI=1S/C12H15BrN2O/c1-8(2)15-10-5-4-9(13)6-11(10)14(3)7-12(15)16/h4-6,8H,7H2,1-3H3. The van der Waals surface area contributed by atoms with E-state index in [4.69, 9.17) is 0 Å². The second kappa shape index (κ2) is 4.09. The molecule has 0 bridgehead atoms. The molecule has 1 heterocycles. The Balaban J connectivity index is 2.54. The zero-order valence-corrected chi connectivity index (χ0v) is 11.3. The average molecular weight is 283 g/mol. The van der Waals surface area contributed by atoms with Crippen molar-refractivity contribution < 1.29 is 4.79 Å². The number of rotatable bonds is 1. The Labute approximate surface area is 104 Å². The molecule has 16 heavy (non-hydrogen) atoms. The summed E-state index contributed by atoms with van der Waals surface area (Å²) in [5.74, 6) is 0.160. The molecule has 86 valence electrons. The second-order valence-electron chi connectivity index (χ2n) is 4.35. The first-order valence-corrected chi connectivity index (χ1v) is 6.12. The quantitative estimate of drug-likeness (QED) is 0.791. The molecule has 0 aromatic heterocycles. The number of fused-ring (bicyclic) bond motifs is 1. The second-order valence-corrected chi connectivity index (χ2v) is 5.26. The van der Waals surface area contributed by atoms with Crippen LogP contribution in [-0.2, 0) is 4.79 Å². The third-order valence-electron chi connectivity index (χ3n) is 2.77. The van der Waals surface area contributed by atoms with Gasteiger partial charge in [0.1, 0.15) is 0 Å². The summed E-state index contributed by atoms with van der Waals surface area (Å²) in [6.45, 7) is 4.52. The van der Waals surface area contributed by atoms with Gasteiger partial charge in [-0.3, -0.25) is 4.79 Å². The summed E-state index contributed by atoms with van der Waals surface area (Å²) in [7, 11) is 1.95. The van der Waals surface area contributed by atoms with Crippen LogP contribution in [0.5, 0.6) is 0 Å². The summed E-state index contributed by atoms with van der Waals surface area (Å²) in [5, 5.41) is 0. The SMILES string of the molecule is CC(C)N1C(=O)CN(C)c2cc(Br)ccc21. The van der Waals surface area contributed by atoms with E-state index < -0.39 is 0 Å². The highest BCUT2D eigenvalue weighted by Gasteiger charge is 2.28. The number of hydrogen-bond donors (Lipinski definition) is 0. The Morgan fingerprint density at radius 2 is 2.00 bits per heavy atom. The van der Waals surface area contributed by atoms with Crippen molar-refractivity contribution in [2.75, 3.05) is 23.4 Å². The van der Waals surface area contributed by atoms with Gasteiger partial charge in [0.2, 0.25) is 5.91 Å². The van der Waals surface area contributed by atoms with Crippen molar-refractivity contribution in [3.63, 3.8) is 0 Å². The van der Waals surface area contributed by atoms with E-state index in [0.29, 0.717) is 6.54 Å². The van der Waals surface area contributed by atoms with Gasteiger partial charge >= 0.3 is 0 Å². The highest BCUT2D eigenvalue weighted by molar-refractivity contribution is 9.10. The van der Waals surface area contributed by atoms with Gasteiger partial charge in [-0.15, -0.1) is 0 Å². The number of nitrogens with zero attached hydrogens (tertiary/aromatic N) is 2. The Morgan fingerprint density at radius 3 is 2.62 bits per heavy atom. The summed E-state index contributed by atoms with van der Waals surface area (Å²) in [6, 6.07) is 6.21. The zero-order valence-electron chi connectivity index (χ0n) is 9.70. The predicted octanol–water partition coefficient (Wildman–Crippen LogP) is 2.64. The molecule has 1 amide bonds. The zero-order chi connectivity index (χ0) is 11.9. The predicted molar refractivity (Wildman–Crippen MR) is 70.0 cm³/mol. The van der Waals surface area contributed by atoms with Crippen LogP contribution < -0.4 is 9.80 Å². The smallest absolute Gasteiger partial charge is 0.246 e. The fourth-order valence-corrected chi connectivity index (χ4v) is 2.42. The van der Waals surface area contributed by atoms with Crippen molar-refractivity contribution >= 4 is 33.2 Å². The summed E-state index contributed by atoms with van der Waals surface area (Å²) >= 11 is 3.46. The molecule has 0 atom stereocenters. The number of carbonyl (C=O) groups excluding carboxylic acids is 1. The lowest BCUT2D eigenvalue weighted by atomic mass is 10.1. The maximum absolute atomic E-state index is 12.0. The molecule has 0 saturated heterocycles. The lowest BCUT2D eigenvalue weighted by Gasteiger charge is -2.37. The molecule has 0 unspecified atom stereocenters. The lowest BCUT2D eigenvalue weighted by molar-refractivity contribution is -0.117. The van der Waals surface area contributed by atoms with Gasteiger partial charge in [-0.1, -0.05) is 15.9 Å². The van der Waals surface area contributed by atoms with E-state index in [1.165, 1.54) is 0 Å². The van der Waals surface area contributed by atoms with Gasteiger partial charge in [0.05, 0.1) is 17.9 Å². The topological polar surface area (TPSA) is 23.6 Å². The van der Waals surface area contributed by atoms with Crippen LogP contribution in [0.2, 0.25) is 0 Å². The van der Waals surface area contributed by atoms with E-state index in [1.54, 1.807) is 0 Å². The van der Waals surface area contributed by atoms with Crippen LogP contribution in [-0.4, -0.2) is 25.5 Å². The molecule has 0 N–H and O–H groups in total. The molecule has 1 aliphatic rings. The molecule has 0 radical (unpaired) electrons. The van der Waals surface area contributed by atoms with Gasteiger partial charge in [0.15, 0.2) is 0 Å². The third-order valence-corrected chi connectivity index (χ3v) is 3.26. The molecule has 4 heteroatoms. The Hall–Kier alpha value is -1.03. The number of halogens is 1. The summed E-state index contributed by atoms with van der Waals surface area (Å²) < 4.78 is 1.04. The van der Waals surface area contributed by atoms with Crippen LogP contribution in [0.1, 0.15) is 13.8 Å². The molecule has 1 aliphatic heterocycles. The molecule has 0 fully saturated rings. The Morgan fingerprint density at radius 1 is 1.31 bits per heavy atom. The minimum atomic E-state index is 0.160. The van der Waals surface area contributed by atoms with E-state index in [-0.39, 0.29) is 11.9 Å². The van der Waals surface area contributed by atoms with Crippen LogP contribution in [0.3, 0.4) is 0 Å². The van der Waals surface area contributed by atoms with Crippen LogP contribution in [0.15, 0.2) is 22.7 Å². The first-order chi connectivity index (χ1) is 7.50. The monoisotopic (exact) mass is 282 g/mol.